The van der Waals surface area contributed by atoms with E-state index in [9.17, 15) is 17.9 Å². The maximum Gasteiger partial charge on any atom is 0.227 e. The molecule has 0 radical (unpaired) electrons. The zero-order chi connectivity index (χ0) is 27.9. The van der Waals surface area contributed by atoms with Crippen LogP contribution in [0.5, 0.6) is 0 Å². The van der Waals surface area contributed by atoms with E-state index in [1.165, 1.54) is 23.0 Å². The molecule has 2 fully saturated rings. The number of rotatable bonds is 6. The van der Waals surface area contributed by atoms with Gasteiger partial charge < -0.3 is 20.2 Å². The predicted octanol–water partition coefficient (Wildman–Crippen LogP) is 3.27. The van der Waals surface area contributed by atoms with Crippen LogP contribution in [-0.4, -0.2) is 90.1 Å². The summed E-state index contributed by atoms with van der Waals surface area (Å²) >= 11 is 0. The molecule has 2 saturated heterocycles. The Morgan fingerprint density at radius 2 is 1.79 bits per heavy atom. The van der Waals surface area contributed by atoms with E-state index in [1.54, 1.807) is 17.2 Å². The molecule has 4 heterocycles. The van der Waals surface area contributed by atoms with Crippen molar-refractivity contribution in [2.45, 2.75) is 44.9 Å². The molecule has 0 amide bonds. The summed E-state index contributed by atoms with van der Waals surface area (Å²) in [5.41, 5.74) is 0.884. The van der Waals surface area contributed by atoms with Crippen molar-refractivity contribution in [1.82, 2.24) is 19.3 Å². The molecule has 2 aliphatic heterocycles. The second kappa shape index (κ2) is 10.5. The highest BCUT2D eigenvalue weighted by Gasteiger charge is 2.38. The minimum Gasteiger partial charge on any atom is -0.387 e. The van der Waals surface area contributed by atoms with Gasteiger partial charge in [0.05, 0.1) is 18.4 Å². The summed E-state index contributed by atoms with van der Waals surface area (Å²) in [4.78, 5) is 17.5. The van der Waals surface area contributed by atoms with Gasteiger partial charge in [-0.05, 0) is 48.4 Å². The van der Waals surface area contributed by atoms with Gasteiger partial charge in [0.25, 0.3) is 0 Å². The van der Waals surface area contributed by atoms with Gasteiger partial charge >= 0.3 is 0 Å². The molecule has 0 saturated carbocycles. The number of sulfonamides is 1. The van der Waals surface area contributed by atoms with Crippen LogP contribution >= 0.6 is 0 Å². The fourth-order valence-corrected chi connectivity index (χ4v) is 6.06. The number of aliphatic hydroxyl groups is 1. The molecule has 0 bridgehead atoms. The molecule has 2 atom stereocenters. The van der Waals surface area contributed by atoms with Crippen molar-refractivity contribution in [2.24, 2.45) is 0 Å². The summed E-state index contributed by atoms with van der Waals surface area (Å²) in [5, 5.41) is 15.5. The molecule has 0 spiro atoms. The summed E-state index contributed by atoms with van der Waals surface area (Å²) in [5.74, 6) is 1.85. The Morgan fingerprint density at radius 1 is 1.05 bits per heavy atom. The molecule has 39 heavy (non-hydrogen) atoms. The summed E-state index contributed by atoms with van der Waals surface area (Å²) in [6.07, 6.45) is 3.64. The maximum absolute atomic E-state index is 14.4. The highest BCUT2D eigenvalue weighted by atomic mass is 32.2. The molecule has 5 rings (SSSR count). The van der Waals surface area contributed by atoms with Crippen LogP contribution in [0.3, 0.4) is 0 Å². The van der Waals surface area contributed by atoms with Gasteiger partial charge in [0, 0.05) is 56.2 Å². The van der Waals surface area contributed by atoms with Crippen LogP contribution in [0.4, 0.5) is 27.7 Å². The van der Waals surface area contributed by atoms with E-state index in [4.69, 9.17) is 0 Å². The summed E-state index contributed by atoms with van der Waals surface area (Å²) in [6.45, 7) is 8.44. The van der Waals surface area contributed by atoms with Crippen molar-refractivity contribution in [2.75, 3.05) is 60.6 Å². The van der Waals surface area contributed by atoms with Gasteiger partial charge in [-0.25, -0.2) is 22.8 Å². The Labute approximate surface area is 228 Å². The molecule has 2 N–H and O–H groups in total. The number of piperazine rings is 1. The van der Waals surface area contributed by atoms with Crippen molar-refractivity contribution in [3.63, 3.8) is 0 Å². The number of hydrogen-bond donors (Lipinski definition) is 2. The Morgan fingerprint density at radius 3 is 2.46 bits per heavy atom. The number of fused-ring (bicyclic) bond motifs is 1. The first kappa shape index (κ1) is 27.5. The van der Waals surface area contributed by atoms with E-state index in [0.717, 1.165) is 16.5 Å². The number of anilines is 4. The number of pyridine rings is 1. The lowest BCUT2D eigenvalue weighted by Crippen LogP contribution is -2.52. The van der Waals surface area contributed by atoms with Crippen LogP contribution in [0.1, 0.15) is 38.7 Å². The number of nitrogens with zero attached hydrogens (tertiary/aromatic N) is 6. The van der Waals surface area contributed by atoms with Crippen molar-refractivity contribution >= 4 is 44.1 Å². The average molecular weight is 558 g/mol. The van der Waals surface area contributed by atoms with Crippen molar-refractivity contribution < 1.29 is 17.9 Å². The lowest BCUT2D eigenvalue weighted by atomic mass is 9.92. The predicted molar refractivity (Wildman–Crippen MR) is 152 cm³/mol. The van der Waals surface area contributed by atoms with Gasteiger partial charge in [-0.3, -0.25) is 0 Å². The monoisotopic (exact) mass is 557 g/mol. The number of halogens is 1. The highest BCUT2D eigenvalue weighted by molar-refractivity contribution is 7.88. The van der Waals surface area contributed by atoms with Crippen LogP contribution in [0.25, 0.3) is 10.8 Å². The van der Waals surface area contributed by atoms with Crippen molar-refractivity contribution in [1.29, 1.82) is 0 Å². The van der Waals surface area contributed by atoms with Crippen LogP contribution in [0.2, 0.25) is 0 Å². The largest absolute Gasteiger partial charge is 0.387 e. The summed E-state index contributed by atoms with van der Waals surface area (Å²) < 4.78 is 39.9. The molecule has 0 unspecified atom stereocenters. The fraction of sp³-hybridized carbons (Fsp3) is 0.519. The molecule has 2 aliphatic rings. The average Bonchev–Trinajstić information content (AvgIpc) is 2.89. The number of benzene rings is 1. The number of hydrogen-bond acceptors (Lipinski definition) is 9. The summed E-state index contributed by atoms with van der Waals surface area (Å²) in [6, 6.07) is 7.99. The second-order valence-corrected chi connectivity index (χ2v) is 13.0. The molecule has 1 aromatic carbocycles. The van der Waals surface area contributed by atoms with E-state index in [-0.39, 0.29) is 12.5 Å². The van der Waals surface area contributed by atoms with Crippen LogP contribution in [0.15, 0.2) is 36.7 Å². The van der Waals surface area contributed by atoms with Gasteiger partial charge in [-0.2, -0.15) is 9.29 Å². The first-order valence-electron chi connectivity index (χ1n) is 13.3. The fourth-order valence-electron chi connectivity index (χ4n) is 5.24. The van der Waals surface area contributed by atoms with E-state index < -0.39 is 21.8 Å². The Balaban J connectivity index is 1.40. The molecule has 10 nitrogen and oxygen atoms in total. The minimum atomic E-state index is -3.20. The number of piperidine rings is 1. The van der Waals surface area contributed by atoms with Gasteiger partial charge in [-0.15, -0.1) is 0 Å². The topological polar surface area (TPSA) is 115 Å². The third-order valence-corrected chi connectivity index (χ3v) is 9.01. The van der Waals surface area contributed by atoms with E-state index in [2.05, 4.69) is 51.1 Å². The SMILES string of the molecule is CC(C)c1ccc(N2CCN(S(C)(=O)=O)CC2)c2cnc(Nc3ccnc(N4CC[C@@](C)(O)[C@@H](F)C4)n3)cc12. The second-order valence-electron chi connectivity index (χ2n) is 11.0. The lowest BCUT2D eigenvalue weighted by Gasteiger charge is -2.38. The molecule has 2 aromatic heterocycles. The first-order chi connectivity index (χ1) is 18.4. The summed E-state index contributed by atoms with van der Waals surface area (Å²) in [7, 11) is -3.20. The maximum atomic E-state index is 14.4. The van der Waals surface area contributed by atoms with Crippen LogP contribution in [-0.2, 0) is 10.0 Å². The normalized spacial score (nSPS) is 23.0. The van der Waals surface area contributed by atoms with Crippen LogP contribution in [0, 0.1) is 0 Å². The van der Waals surface area contributed by atoms with Crippen LogP contribution < -0.4 is 15.1 Å². The third-order valence-electron chi connectivity index (χ3n) is 7.71. The Bertz CT molecular complexity index is 1460. The minimum absolute atomic E-state index is 0.0314. The first-order valence-corrected chi connectivity index (χ1v) is 15.1. The number of aromatic nitrogens is 3. The Kier molecular flexibility index (Phi) is 7.38. The smallest absolute Gasteiger partial charge is 0.227 e. The third kappa shape index (κ3) is 5.78. The van der Waals surface area contributed by atoms with Crippen molar-refractivity contribution in [3.05, 3.63) is 42.2 Å². The quantitative estimate of drug-likeness (QED) is 0.471. The zero-order valence-electron chi connectivity index (χ0n) is 22.8. The van der Waals surface area contributed by atoms with E-state index in [1.807, 2.05) is 12.3 Å². The highest BCUT2D eigenvalue weighted by Crippen LogP contribution is 2.35. The molecule has 3 aromatic rings. The molecule has 210 valence electrons. The molecular weight excluding hydrogens is 521 g/mol. The standard InChI is InChI=1S/C27H36FN7O3S/c1-18(2)19-5-6-22(33-11-13-35(14-12-33)39(4,37)38)21-16-30-25(15-20(19)21)31-24-7-9-29-26(32-24)34-10-8-27(3,36)23(28)17-34/h5-7,9,15-16,18,23,36H,8,10-14,17H2,1-4H3,(H,29,30,31,32)/t23-,27+/m0/s1. The molecule has 12 heteroatoms. The lowest BCUT2D eigenvalue weighted by molar-refractivity contribution is -0.0332. The van der Waals surface area contributed by atoms with Gasteiger partial charge in [-0.1, -0.05) is 19.9 Å². The number of alkyl halides is 1. The van der Waals surface area contributed by atoms with Gasteiger partial charge in [0.15, 0.2) is 0 Å². The zero-order valence-corrected chi connectivity index (χ0v) is 23.6. The van der Waals surface area contributed by atoms with E-state index in [0.29, 0.717) is 56.7 Å². The molecular formula is C27H36FN7O3S. The van der Waals surface area contributed by atoms with Gasteiger partial charge in [0.2, 0.25) is 16.0 Å². The van der Waals surface area contributed by atoms with Crippen molar-refractivity contribution in [3.8, 4) is 0 Å². The van der Waals surface area contributed by atoms with E-state index >= 15 is 0 Å². The number of nitrogens with one attached hydrogen (secondary N) is 1. The van der Waals surface area contributed by atoms with Gasteiger partial charge in [0.1, 0.15) is 17.8 Å². The Hall–Kier alpha value is -3.09. The molecule has 0 aliphatic carbocycles.